The molecule has 0 radical (unpaired) electrons. The lowest BCUT2D eigenvalue weighted by atomic mass is 9.65. The predicted molar refractivity (Wildman–Crippen MR) is 132 cm³/mol. The van der Waals surface area contributed by atoms with Crippen molar-refractivity contribution in [1.29, 1.82) is 10.5 Å². The van der Waals surface area contributed by atoms with Gasteiger partial charge in [-0.2, -0.15) is 10.5 Å². The van der Waals surface area contributed by atoms with Gasteiger partial charge < -0.3 is 4.90 Å². The summed E-state index contributed by atoms with van der Waals surface area (Å²) in [6, 6.07) is 28.2. The van der Waals surface area contributed by atoms with Crippen LogP contribution in [0.1, 0.15) is 27.4 Å². The molecule has 2 aliphatic heterocycles. The predicted octanol–water partition coefficient (Wildman–Crippen LogP) is 5.58. The van der Waals surface area contributed by atoms with Crippen molar-refractivity contribution in [2.75, 3.05) is 4.90 Å². The van der Waals surface area contributed by atoms with Crippen molar-refractivity contribution in [2.24, 2.45) is 5.41 Å². The minimum atomic E-state index is -1.44. The molecule has 2 aliphatic rings. The summed E-state index contributed by atoms with van der Waals surface area (Å²) >= 11 is 2.26. The van der Waals surface area contributed by atoms with Crippen LogP contribution in [0.3, 0.4) is 0 Å². The molecule has 4 atom stereocenters. The third-order valence-corrected chi connectivity index (χ3v) is 7.16. The molecule has 154 valence electrons. The normalized spacial score (nSPS) is 25.3. The molecule has 0 amide bonds. The lowest BCUT2D eigenvalue weighted by Gasteiger charge is -2.36. The molecule has 1 saturated heterocycles. The Bertz CT molecular complexity index is 1310. The van der Waals surface area contributed by atoms with E-state index >= 15 is 0 Å². The minimum absolute atomic E-state index is 0.249. The number of benzene rings is 3. The maximum Gasteiger partial charge on any atom is 0.186 e. The van der Waals surface area contributed by atoms with Crippen LogP contribution in [0.5, 0.6) is 0 Å². The van der Waals surface area contributed by atoms with E-state index in [0.29, 0.717) is 5.56 Å². The summed E-state index contributed by atoms with van der Waals surface area (Å²) in [5, 5.41) is 21.0. The first-order valence-electron chi connectivity index (χ1n) is 10.3. The smallest absolute Gasteiger partial charge is 0.186 e. The number of ketones is 1. The molecule has 2 heterocycles. The van der Waals surface area contributed by atoms with Gasteiger partial charge in [-0.15, -0.1) is 0 Å². The van der Waals surface area contributed by atoms with Crippen molar-refractivity contribution < 1.29 is 4.79 Å². The zero-order valence-electron chi connectivity index (χ0n) is 17.0. The molecule has 5 rings (SSSR count). The maximum absolute atomic E-state index is 14.1. The van der Waals surface area contributed by atoms with Crippen molar-refractivity contribution in [1.82, 2.24) is 0 Å². The van der Waals surface area contributed by atoms with E-state index in [4.69, 9.17) is 0 Å². The molecule has 32 heavy (non-hydrogen) atoms. The van der Waals surface area contributed by atoms with Gasteiger partial charge in [0.2, 0.25) is 0 Å². The second kappa shape index (κ2) is 7.93. The largest absolute Gasteiger partial charge is 0.346 e. The lowest BCUT2D eigenvalue weighted by Crippen LogP contribution is -2.45. The van der Waals surface area contributed by atoms with Crippen molar-refractivity contribution in [3.05, 3.63) is 105 Å². The highest BCUT2D eigenvalue weighted by atomic mass is 127. The van der Waals surface area contributed by atoms with E-state index in [1.54, 1.807) is 24.3 Å². The summed E-state index contributed by atoms with van der Waals surface area (Å²) in [7, 11) is 0. The molecule has 0 bridgehead atoms. The summed E-state index contributed by atoms with van der Waals surface area (Å²) in [6.45, 7) is 0. The Labute approximate surface area is 200 Å². The van der Waals surface area contributed by atoms with Crippen LogP contribution >= 0.6 is 22.6 Å². The molecule has 3 aromatic rings. The van der Waals surface area contributed by atoms with Crippen molar-refractivity contribution in [3.8, 4) is 12.1 Å². The van der Waals surface area contributed by atoms with E-state index in [1.807, 2.05) is 65.6 Å². The van der Waals surface area contributed by atoms with Crippen LogP contribution in [0, 0.1) is 31.6 Å². The number of halogens is 1. The van der Waals surface area contributed by atoms with Gasteiger partial charge in [0.1, 0.15) is 6.04 Å². The van der Waals surface area contributed by atoms with Crippen LogP contribution in [0.25, 0.3) is 6.08 Å². The Morgan fingerprint density at radius 3 is 2.31 bits per heavy atom. The average Bonchev–Trinajstić information content (AvgIpc) is 3.15. The number of nitrogens with zero attached hydrogens (tertiary/aromatic N) is 3. The fourth-order valence-electron chi connectivity index (χ4n) is 5.15. The van der Waals surface area contributed by atoms with Gasteiger partial charge in [0.05, 0.1) is 18.2 Å². The Hall–Kier alpha value is -3.42. The summed E-state index contributed by atoms with van der Waals surface area (Å²) in [5.74, 6) is -0.855. The highest BCUT2D eigenvalue weighted by Crippen LogP contribution is 2.56. The SMILES string of the molecule is N#C[C@@H]1[C@H](c2ccccc2)[C@](C#N)(C(=O)c2ccccc2)[C@@H]2C=Cc3cc(I)ccc3N12. The number of hydrogen-bond donors (Lipinski definition) is 0. The Morgan fingerprint density at radius 2 is 1.66 bits per heavy atom. The highest BCUT2D eigenvalue weighted by molar-refractivity contribution is 14.1. The summed E-state index contributed by atoms with van der Waals surface area (Å²) < 4.78 is 1.09. The van der Waals surface area contributed by atoms with Gasteiger partial charge >= 0.3 is 0 Å². The van der Waals surface area contributed by atoms with Crippen LogP contribution in [0.4, 0.5) is 5.69 Å². The fourth-order valence-corrected chi connectivity index (χ4v) is 5.67. The van der Waals surface area contributed by atoms with Crippen LogP contribution in [-0.2, 0) is 0 Å². The molecule has 4 nitrogen and oxygen atoms in total. The van der Waals surface area contributed by atoms with E-state index in [9.17, 15) is 15.3 Å². The molecular formula is C27H18IN3O. The molecule has 0 unspecified atom stereocenters. The molecule has 0 aromatic heterocycles. The number of carbonyl (C=O) groups excluding carboxylic acids is 1. The van der Waals surface area contributed by atoms with Crippen molar-refractivity contribution in [3.63, 3.8) is 0 Å². The van der Waals surface area contributed by atoms with Crippen LogP contribution in [-0.4, -0.2) is 17.9 Å². The molecule has 5 heteroatoms. The molecule has 0 saturated carbocycles. The van der Waals surface area contributed by atoms with Crippen LogP contribution in [0.15, 0.2) is 84.9 Å². The number of nitriles is 2. The van der Waals surface area contributed by atoms with Gasteiger partial charge in [0.25, 0.3) is 0 Å². The van der Waals surface area contributed by atoms with Crippen LogP contribution in [0.2, 0.25) is 0 Å². The minimum Gasteiger partial charge on any atom is -0.346 e. The maximum atomic E-state index is 14.1. The zero-order chi connectivity index (χ0) is 22.3. The number of anilines is 1. The number of Topliss-reactive ketones (excluding diaryl/α,β-unsaturated/α-hetero) is 1. The first-order valence-corrected chi connectivity index (χ1v) is 11.4. The van der Waals surface area contributed by atoms with E-state index in [1.165, 1.54) is 0 Å². The van der Waals surface area contributed by atoms with Gasteiger partial charge in [0, 0.05) is 20.7 Å². The number of hydrogen-bond acceptors (Lipinski definition) is 4. The number of rotatable bonds is 3. The quantitative estimate of drug-likeness (QED) is 0.330. The highest BCUT2D eigenvalue weighted by Gasteiger charge is 2.64. The summed E-state index contributed by atoms with van der Waals surface area (Å²) in [6.07, 6.45) is 3.90. The van der Waals surface area contributed by atoms with Gasteiger partial charge in [-0.25, -0.2) is 0 Å². The average molecular weight is 527 g/mol. The first-order chi connectivity index (χ1) is 15.6. The Balaban J connectivity index is 1.79. The standard InChI is InChI=1S/C27H18IN3O/c28-21-12-13-22-20(15-21)11-14-24-27(17-30,26(32)19-9-5-2-6-10-19)25(23(16-29)31(22)24)18-7-3-1-4-8-18/h1-15,23-25H/t23-,24+,25+,27-/m1/s1. The summed E-state index contributed by atoms with van der Waals surface area (Å²) in [5.41, 5.74) is 1.72. The van der Waals surface area contributed by atoms with Gasteiger partial charge in [-0.3, -0.25) is 4.79 Å². The third-order valence-electron chi connectivity index (χ3n) is 6.49. The molecule has 3 aromatic carbocycles. The van der Waals surface area contributed by atoms with Gasteiger partial charge in [-0.1, -0.05) is 72.8 Å². The first kappa shape index (κ1) is 20.5. The molecule has 0 aliphatic carbocycles. The molecular weight excluding hydrogens is 509 g/mol. The lowest BCUT2D eigenvalue weighted by molar-refractivity contribution is 0.0842. The molecule has 0 spiro atoms. The molecule has 1 fully saturated rings. The van der Waals surface area contributed by atoms with E-state index in [2.05, 4.69) is 40.8 Å². The second-order valence-electron chi connectivity index (χ2n) is 8.05. The zero-order valence-corrected chi connectivity index (χ0v) is 19.2. The number of fused-ring (bicyclic) bond motifs is 3. The Kier molecular flexibility index (Phi) is 5.07. The number of carbonyl (C=O) groups is 1. The van der Waals surface area contributed by atoms with Gasteiger partial charge in [-0.05, 0) is 51.9 Å². The van der Waals surface area contributed by atoms with Crippen molar-refractivity contribution >= 4 is 40.1 Å². The van der Waals surface area contributed by atoms with Crippen LogP contribution < -0.4 is 4.90 Å². The second-order valence-corrected chi connectivity index (χ2v) is 9.30. The summed E-state index contributed by atoms with van der Waals surface area (Å²) in [4.78, 5) is 16.1. The monoisotopic (exact) mass is 527 g/mol. The fraction of sp³-hybridized carbons (Fsp3) is 0.148. The third kappa shape index (κ3) is 2.89. The van der Waals surface area contributed by atoms with Crippen molar-refractivity contribution in [2.45, 2.75) is 18.0 Å². The Morgan fingerprint density at radius 1 is 0.969 bits per heavy atom. The van der Waals surface area contributed by atoms with E-state index in [-0.39, 0.29) is 5.78 Å². The molecule has 0 N–H and O–H groups in total. The van der Waals surface area contributed by atoms with E-state index < -0.39 is 23.4 Å². The topological polar surface area (TPSA) is 67.9 Å². The van der Waals surface area contributed by atoms with Gasteiger partial charge in [0.15, 0.2) is 11.2 Å². The van der Waals surface area contributed by atoms with E-state index in [0.717, 1.165) is 20.4 Å².